The summed E-state index contributed by atoms with van der Waals surface area (Å²) in [6.07, 6.45) is 1.88. The van der Waals surface area contributed by atoms with Gasteiger partial charge >= 0.3 is 0 Å². The number of piperazine rings is 1. The Kier molecular flexibility index (Phi) is 5.78. The molecule has 1 aliphatic heterocycles. The first-order valence-corrected chi connectivity index (χ1v) is 10.3. The van der Waals surface area contributed by atoms with Crippen LogP contribution in [0.3, 0.4) is 0 Å². The SMILES string of the molecule is COCc1nc(C2CC(N)C2)cc(N2CCN(S(=O)(=O)N(C)C)CC2)n1. The molecular formula is C16H28N6O3S. The third-order valence-corrected chi connectivity index (χ3v) is 6.94. The summed E-state index contributed by atoms with van der Waals surface area (Å²) < 4.78 is 32.5. The van der Waals surface area contributed by atoms with Gasteiger partial charge in [-0.05, 0) is 12.8 Å². The zero-order valence-electron chi connectivity index (χ0n) is 15.6. The maximum Gasteiger partial charge on any atom is 0.281 e. The molecule has 2 N–H and O–H groups in total. The van der Waals surface area contributed by atoms with E-state index in [1.165, 1.54) is 8.61 Å². The minimum atomic E-state index is -3.37. The van der Waals surface area contributed by atoms with Crippen molar-refractivity contribution < 1.29 is 13.2 Å². The minimum Gasteiger partial charge on any atom is -0.377 e. The van der Waals surface area contributed by atoms with Crippen LogP contribution in [0.2, 0.25) is 0 Å². The third kappa shape index (κ3) is 3.99. The van der Waals surface area contributed by atoms with Crippen molar-refractivity contribution in [1.29, 1.82) is 0 Å². The van der Waals surface area contributed by atoms with Crippen LogP contribution in [0.4, 0.5) is 5.82 Å². The molecule has 0 amide bonds. The normalized spacial score (nSPS) is 24.7. The van der Waals surface area contributed by atoms with Gasteiger partial charge in [0, 0.05) is 71.1 Å². The van der Waals surface area contributed by atoms with Crippen molar-refractivity contribution in [3.05, 3.63) is 17.6 Å². The Labute approximate surface area is 155 Å². The van der Waals surface area contributed by atoms with Gasteiger partial charge in [0.15, 0.2) is 5.82 Å². The van der Waals surface area contributed by atoms with Crippen LogP contribution in [0.5, 0.6) is 0 Å². The Bertz CT molecular complexity index is 728. The Hall–Kier alpha value is -1.33. The molecule has 0 radical (unpaired) electrons. The smallest absolute Gasteiger partial charge is 0.281 e. The minimum absolute atomic E-state index is 0.254. The predicted octanol–water partition coefficient (Wildman–Crippen LogP) is -0.244. The number of methoxy groups -OCH3 is 1. The average Bonchev–Trinajstić information content (AvgIpc) is 2.59. The molecule has 1 aromatic rings. The van der Waals surface area contributed by atoms with E-state index in [0.717, 1.165) is 24.4 Å². The lowest BCUT2D eigenvalue weighted by molar-refractivity contribution is 0.177. The number of ether oxygens (including phenoxy) is 1. The van der Waals surface area contributed by atoms with Gasteiger partial charge in [0.1, 0.15) is 12.4 Å². The first-order chi connectivity index (χ1) is 12.3. The molecule has 0 spiro atoms. The molecule has 1 saturated carbocycles. The summed E-state index contributed by atoms with van der Waals surface area (Å²) >= 11 is 0. The van der Waals surface area contributed by atoms with Gasteiger partial charge in [-0.3, -0.25) is 0 Å². The fourth-order valence-corrected chi connectivity index (χ4v) is 4.44. The summed E-state index contributed by atoms with van der Waals surface area (Å²) in [5.74, 6) is 1.87. The summed E-state index contributed by atoms with van der Waals surface area (Å²) in [6, 6.07) is 2.27. The van der Waals surface area contributed by atoms with E-state index in [2.05, 4.69) is 14.9 Å². The molecule has 9 nitrogen and oxygen atoms in total. The summed E-state index contributed by atoms with van der Waals surface area (Å²) in [6.45, 7) is 2.43. The van der Waals surface area contributed by atoms with Crippen LogP contribution in [0.1, 0.15) is 30.3 Å². The predicted molar refractivity (Wildman–Crippen MR) is 99.1 cm³/mol. The molecule has 0 atom stereocenters. The molecule has 0 bridgehead atoms. The highest BCUT2D eigenvalue weighted by atomic mass is 32.2. The van der Waals surface area contributed by atoms with Crippen molar-refractivity contribution in [1.82, 2.24) is 18.6 Å². The summed E-state index contributed by atoms with van der Waals surface area (Å²) in [5, 5.41) is 0. The van der Waals surface area contributed by atoms with E-state index in [9.17, 15) is 8.42 Å². The second-order valence-corrected chi connectivity index (χ2v) is 9.25. The van der Waals surface area contributed by atoms with Crippen LogP contribution in [-0.4, -0.2) is 80.4 Å². The first-order valence-electron chi connectivity index (χ1n) is 8.86. The van der Waals surface area contributed by atoms with Gasteiger partial charge in [0.25, 0.3) is 10.2 Å². The zero-order valence-corrected chi connectivity index (χ0v) is 16.4. The topological polar surface area (TPSA) is 105 Å². The standard InChI is InChI=1S/C16H28N6O3S/c1-20(2)26(23,24)22-6-4-21(5-7-22)16-10-14(12-8-13(17)9-12)18-15(19-16)11-25-3/h10,12-13H,4-9,11,17H2,1-3H3. The van der Waals surface area contributed by atoms with Crippen LogP contribution in [0.15, 0.2) is 6.07 Å². The van der Waals surface area contributed by atoms with Crippen LogP contribution in [0, 0.1) is 0 Å². The number of anilines is 1. The third-order valence-electron chi connectivity index (χ3n) is 5.00. The molecule has 146 valence electrons. The largest absolute Gasteiger partial charge is 0.377 e. The molecule has 10 heteroatoms. The molecule has 2 fully saturated rings. The molecule has 1 aliphatic carbocycles. The van der Waals surface area contributed by atoms with Crippen molar-refractivity contribution in [2.24, 2.45) is 5.73 Å². The van der Waals surface area contributed by atoms with Crippen molar-refractivity contribution in [3.8, 4) is 0 Å². The molecule has 26 heavy (non-hydrogen) atoms. The van der Waals surface area contributed by atoms with E-state index in [4.69, 9.17) is 10.5 Å². The van der Waals surface area contributed by atoms with Crippen LogP contribution >= 0.6 is 0 Å². The fraction of sp³-hybridized carbons (Fsp3) is 0.750. The Morgan fingerprint density at radius 2 is 1.88 bits per heavy atom. The van der Waals surface area contributed by atoms with E-state index in [1.807, 2.05) is 6.07 Å². The van der Waals surface area contributed by atoms with Crippen molar-refractivity contribution >= 4 is 16.0 Å². The number of nitrogens with two attached hydrogens (primary N) is 1. The monoisotopic (exact) mass is 384 g/mol. The van der Waals surface area contributed by atoms with Gasteiger partial charge in [-0.25, -0.2) is 9.97 Å². The van der Waals surface area contributed by atoms with Gasteiger partial charge in [0.05, 0.1) is 0 Å². The van der Waals surface area contributed by atoms with E-state index >= 15 is 0 Å². The van der Waals surface area contributed by atoms with Gasteiger partial charge < -0.3 is 15.4 Å². The van der Waals surface area contributed by atoms with Crippen LogP contribution in [-0.2, 0) is 21.6 Å². The van der Waals surface area contributed by atoms with E-state index in [0.29, 0.717) is 44.5 Å². The van der Waals surface area contributed by atoms with Gasteiger partial charge in [-0.15, -0.1) is 0 Å². The number of hydrogen-bond acceptors (Lipinski definition) is 7. The van der Waals surface area contributed by atoms with E-state index in [-0.39, 0.29) is 6.04 Å². The average molecular weight is 385 g/mol. The van der Waals surface area contributed by atoms with E-state index < -0.39 is 10.2 Å². The van der Waals surface area contributed by atoms with Gasteiger partial charge in [-0.2, -0.15) is 17.0 Å². The quantitative estimate of drug-likeness (QED) is 0.721. The summed E-state index contributed by atoms with van der Waals surface area (Å²) in [7, 11) is 1.36. The summed E-state index contributed by atoms with van der Waals surface area (Å²) in [4.78, 5) is 11.3. The molecule has 0 unspecified atom stereocenters. The molecule has 1 saturated heterocycles. The summed E-state index contributed by atoms with van der Waals surface area (Å²) in [5.41, 5.74) is 6.93. The highest BCUT2D eigenvalue weighted by Crippen LogP contribution is 2.35. The van der Waals surface area contributed by atoms with Gasteiger partial charge in [0.2, 0.25) is 0 Å². The molecule has 0 aromatic carbocycles. The van der Waals surface area contributed by atoms with Crippen LogP contribution in [0.25, 0.3) is 0 Å². The lowest BCUT2D eigenvalue weighted by atomic mass is 9.78. The molecule has 3 rings (SSSR count). The fourth-order valence-electron chi connectivity index (χ4n) is 3.35. The Morgan fingerprint density at radius 1 is 1.23 bits per heavy atom. The van der Waals surface area contributed by atoms with Crippen molar-refractivity contribution in [3.63, 3.8) is 0 Å². The van der Waals surface area contributed by atoms with E-state index in [1.54, 1.807) is 21.2 Å². The highest BCUT2D eigenvalue weighted by molar-refractivity contribution is 7.86. The highest BCUT2D eigenvalue weighted by Gasteiger charge is 2.31. The van der Waals surface area contributed by atoms with Gasteiger partial charge in [-0.1, -0.05) is 0 Å². The lowest BCUT2D eigenvalue weighted by Gasteiger charge is -2.36. The molecule has 2 heterocycles. The number of rotatable bonds is 6. The first kappa shape index (κ1) is 19.4. The molecule has 1 aromatic heterocycles. The molecule has 2 aliphatic rings. The number of hydrogen-bond donors (Lipinski definition) is 1. The Morgan fingerprint density at radius 3 is 2.42 bits per heavy atom. The van der Waals surface area contributed by atoms with Crippen molar-refractivity contribution in [2.45, 2.75) is 31.4 Å². The lowest BCUT2D eigenvalue weighted by Crippen LogP contribution is -2.52. The number of nitrogens with zero attached hydrogens (tertiary/aromatic N) is 5. The Balaban J connectivity index is 1.75. The maximum absolute atomic E-state index is 12.3. The molecular weight excluding hydrogens is 356 g/mol. The van der Waals surface area contributed by atoms with Crippen molar-refractivity contribution in [2.75, 3.05) is 52.3 Å². The zero-order chi connectivity index (χ0) is 18.9. The maximum atomic E-state index is 12.3. The number of aromatic nitrogens is 2. The van der Waals surface area contributed by atoms with Crippen LogP contribution < -0.4 is 10.6 Å². The second-order valence-electron chi connectivity index (χ2n) is 7.10. The second kappa shape index (κ2) is 7.73.